The van der Waals surface area contributed by atoms with Crippen LogP contribution in [-0.4, -0.2) is 55.0 Å². The fourth-order valence-electron chi connectivity index (χ4n) is 4.87. The molecule has 0 radical (unpaired) electrons. The van der Waals surface area contributed by atoms with Crippen molar-refractivity contribution >= 4 is 23.4 Å². The van der Waals surface area contributed by atoms with E-state index in [0.717, 1.165) is 44.1 Å². The number of methoxy groups -OCH3 is 1. The summed E-state index contributed by atoms with van der Waals surface area (Å²) in [4.78, 5) is 41.8. The number of hydrogen-bond donors (Lipinski definition) is 2. The first-order chi connectivity index (χ1) is 17.4. The van der Waals surface area contributed by atoms with E-state index < -0.39 is 17.9 Å². The first kappa shape index (κ1) is 25.7. The normalized spacial score (nSPS) is 18.4. The lowest BCUT2D eigenvalue weighted by Gasteiger charge is -2.33. The highest BCUT2D eigenvalue weighted by Crippen LogP contribution is 2.28. The van der Waals surface area contributed by atoms with Crippen LogP contribution >= 0.6 is 0 Å². The van der Waals surface area contributed by atoms with Gasteiger partial charge in [0.15, 0.2) is 0 Å². The molecular weight excluding hydrogens is 458 g/mol. The van der Waals surface area contributed by atoms with Crippen molar-refractivity contribution in [1.29, 1.82) is 0 Å². The molecule has 2 unspecified atom stereocenters. The molecule has 192 valence electrons. The Morgan fingerprint density at radius 3 is 2.31 bits per heavy atom. The minimum Gasteiger partial charge on any atom is -0.497 e. The first-order valence-corrected chi connectivity index (χ1v) is 12.7. The van der Waals surface area contributed by atoms with Crippen molar-refractivity contribution in [2.45, 2.75) is 63.6 Å². The van der Waals surface area contributed by atoms with E-state index in [1.165, 1.54) is 4.90 Å². The van der Waals surface area contributed by atoms with E-state index in [2.05, 4.69) is 10.6 Å². The summed E-state index contributed by atoms with van der Waals surface area (Å²) in [6.45, 7) is 2.70. The van der Waals surface area contributed by atoms with E-state index in [1.54, 1.807) is 43.5 Å². The summed E-state index contributed by atoms with van der Waals surface area (Å²) < 4.78 is 11.1. The predicted octanol–water partition coefficient (Wildman–Crippen LogP) is 3.75. The molecule has 2 aliphatic rings. The topological polar surface area (TPSA) is 97.0 Å². The zero-order chi connectivity index (χ0) is 25.5. The average Bonchev–Trinajstić information content (AvgIpc) is 3.59. The fourth-order valence-corrected chi connectivity index (χ4v) is 4.87. The van der Waals surface area contributed by atoms with Crippen LogP contribution in [0.1, 0.15) is 55.7 Å². The molecule has 1 saturated carbocycles. The zero-order valence-electron chi connectivity index (χ0n) is 21.0. The van der Waals surface area contributed by atoms with Crippen LogP contribution in [0.2, 0.25) is 0 Å². The van der Waals surface area contributed by atoms with E-state index in [-0.39, 0.29) is 24.6 Å². The number of benzene rings is 2. The number of hydrogen-bond acceptors (Lipinski definition) is 5. The fraction of sp³-hybridized carbons (Fsp3) is 0.464. The number of nitrogens with one attached hydrogen (secondary N) is 2. The van der Waals surface area contributed by atoms with Gasteiger partial charge in [-0.3, -0.25) is 14.4 Å². The smallest absolute Gasteiger partial charge is 0.313 e. The van der Waals surface area contributed by atoms with Gasteiger partial charge >= 0.3 is 11.8 Å². The third-order valence-corrected chi connectivity index (χ3v) is 6.88. The third-order valence-electron chi connectivity index (χ3n) is 6.88. The van der Waals surface area contributed by atoms with Crippen LogP contribution in [0.3, 0.4) is 0 Å². The van der Waals surface area contributed by atoms with E-state index in [9.17, 15) is 14.4 Å². The molecule has 0 bridgehead atoms. The number of carbonyl (C=O) groups is 3. The molecular formula is C28H35N3O5. The van der Waals surface area contributed by atoms with Gasteiger partial charge in [0.1, 0.15) is 11.8 Å². The van der Waals surface area contributed by atoms with Crippen molar-refractivity contribution in [3.63, 3.8) is 0 Å². The van der Waals surface area contributed by atoms with Gasteiger partial charge in [-0.05, 0) is 62.4 Å². The van der Waals surface area contributed by atoms with Crippen LogP contribution < -0.4 is 15.4 Å². The number of anilines is 1. The van der Waals surface area contributed by atoms with Crippen LogP contribution in [0.5, 0.6) is 5.75 Å². The summed E-state index contributed by atoms with van der Waals surface area (Å²) in [6.07, 6.45) is 5.36. The number of carbonyl (C=O) groups excluding carboxylic acids is 3. The van der Waals surface area contributed by atoms with Crippen LogP contribution in [0.25, 0.3) is 0 Å². The molecule has 8 nitrogen and oxygen atoms in total. The molecule has 0 spiro atoms. The van der Waals surface area contributed by atoms with E-state index in [0.29, 0.717) is 23.6 Å². The Kier molecular flexibility index (Phi) is 8.59. The van der Waals surface area contributed by atoms with Gasteiger partial charge in [-0.1, -0.05) is 42.7 Å². The van der Waals surface area contributed by atoms with Gasteiger partial charge in [0.05, 0.1) is 13.2 Å². The Hall–Kier alpha value is -3.39. The Morgan fingerprint density at radius 2 is 1.69 bits per heavy atom. The maximum atomic E-state index is 13.7. The number of amides is 3. The maximum Gasteiger partial charge on any atom is 0.313 e. The minimum absolute atomic E-state index is 0.0688. The Balaban J connectivity index is 1.64. The predicted molar refractivity (Wildman–Crippen MR) is 137 cm³/mol. The first-order valence-electron chi connectivity index (χ1n) is 12.7. The van der Waals surface area contributed by atoms with E-state index >= 15 is 0 Å². The Morgan fingerprint density at radius 1 is 1.00 bits per heavy atom. The van der Waals surface area contributed by atoms with Gasteiger partial charge in [-0.15, -0.1) is 0 Å². The number of ether oxygens (including phenoxy) is 2. The monoisotopic (exact) mass is 493 g/mol. The summed E-state index contributed by atoms with van der Waals surface area (Å²) in [7, 11) is 1.57. The van der Waals surface area contributed by atoms with Gasteiger partial charge in [-0.2, -0.15) is 0 Å². The van der Waals surface area contributed by atoms with Crippen LogP contribution in [0.15, 0.2) is 48.5 Å². The molecule has 1 heterocycles. The molecule has 2 aromatic carbocycles. The van der Waals surface area contributed by atoms with Crippen LogP contribution in [-0.2, 0) is 19.1 Å². The molecule has 2 fully saturated rings. The second-order valence-corrected chi connectivity index (χ2v) is 9.58. The lowest BCUT2D eigenvalue weighted by molar-refractivity contribution is -0.149. The highest BCUT2D eigenvalue weighted by molar-refractivity contribution is 6.40. The standard InChI is InChI=1S/C28H35N3O5/c1-19-9-13-22(14-10-19)30-27(33)28(34)31(18-24-8-5-17-36-24)25(20-11-15-23(35-2)16-12-20)26(32)29-21-6-3-4-7-21/h9-16,21,24-25H,3-8,17-18H2,1-2H3,(H,29,32)(H,30,33). The molecule has 2 atom stereocenters. The molecule has 2 N–H and O–H groups in total. The molecule has 1 saturated heterocycles. The average molecular weight is 494 g/mol. The summed E-state index contributed by atoms with van der Waals surface area (Å²) in [5, 5.41) is 5.81. The summed E-state index contributed by atoms with van der Waals surface area (Å²) in [5.74, 6) is -1.21. The Bertz CT molecular complexity index is 1040. The molecule has 4 rings (SSSR count). The quantitative estimate of drug-likeness (QED) is 0.546. The second kappa shape index (κ2) is 12.0. The molecule has 1 aliphatic heterocycles. The van der Waals surface area contributed by atoms with Crippen molar-refractivity contribution in [2.75, 3.05) is 25.6 Å². The van der Waals surface area contributed by atoms with Crippen molar-refractivity contribution in [2.24, 2.45) is 0 Å². The molecule has 0 aromatic heterocycles. The summed E-state index contributed by atoms with van der Waals surface area (Å²) in [6, 6.07) is 13.4. The highest BCUT2D eigenvalue weighted by atomic mass is 16.5. The van der Waals surface area contributed by atoms with E-state index in [1.807, 2.05) is 19.1 Å². The largest absolute Gasteiger partial charge is 0.497 e. The van der Waals surface area contributed by atoms with Crippen LogP contribution in [0.4, 0.5) is 5.69 Å². The maximum absolute atomic E-state index is 13.7. The van der Waals surface area contributed by atoms with Gasteiger partial charge in [0.2, 0.25) is 5.91 Å². The summed E-state index contributed by atoms with van der Waals surface area (Å²) >= 11 is 0. The minimum atomic E-state index is -0.975. The number of nitrogens with zero attached hydrogens (tertiary/aromatic N) is 1. The van der Waals surface area contributed by atoms with Gasteiger partial charge in [0.25, 0.3) is 0 Å². The van der Waals surface area contributed by atoms with Crippen molar-refractivity contribution in [1.82, 2.24) is 10.2 Å². The van der Waals surface area contributed by atoms with Gasteiger partial charge < -0.3 is 25.0 Å². The molecule has 3 amide bonds. The number of aryl methyl sites for hydroxylation is 1. The van der Waals surface area contributed by atoms with Crippen molar-refractivity contribution in [3.8, 4) is 5.75 Å². The molecule has 8 heteroatoms. The third kappa shape index (κ3) is 6.43. The Labute approximate surface area is 212 Å². The van der Waals surface area contributed by atoms with Crippen LogP contribution in [0, 0.1) is 6.92 Å². The van der Waals surface area contributed by atoms with Crippen molar-refractivity contribution < 1.29 is 23.9 Å². The number of rotatable bonds is 8. The lowest BCUT2D eigenvalue weighted by atomic mass is 10.0. The summed E-state index contributed by atoms with van der Waals surface area (Å²) in [5.41, 5.74) is 2.18. The molecule has 2 aromatic rings. The van der Waals surface area contributed by atoms with Gasteiger partial charge in [-0.25, -0.2) is 0 Å². The van der Waals surface area contributed by atoms with E-state index in [4.69, 9.17) is 9.47 Å². The molecule has 1 aliphatic carbocycles. The molecule has 36 heavy (non-hydrogen) atoms. The second-order valence-electron chi connectivity index (χ2n) is 9.58. The van der Waals surface area contributed by atoms with Crippen molar-refractivity contribution in [3.05, 3.63) is 59.7 Å². The lowest BCUT2D eigenvalue weighted by Crippen LogP contribution is -2.51. The highest BCUT2D eigenvalue weighted by Gasteiger charge is 2.38. The van der Waals surface area contributed by atoms with Gasteiger partial charge in [0, 0.05) is 24.9 Å². The zero-order valence-corrected chi connectivity index (χ0v) is 21.0. The SMILES string of the molecule is COc1ccc(C(C(=O)NC2CCCC2)N(CC2CCCO2)C(=O)C(=O)Nc2ccc(C)cc2)cc1.